The predicted molar refractivity (Wildman–Crippen MR) is 90.9 cm³/mol. The van der Waals surface area contributed by atoms with Crippen molar-refractivity contribution in [3.05, 3.63) is 47.5 Å². The first-order valence-corrected chi connectivity index (χ1v) is 7.71. The molecule has 22 heavy (non-hydrogen) atoms. The minimum absolute atomic E-state index is 0.150. The maximum absolute atomic E-state index is 9.38. The van der Waals surface area contributed by atoms with Crippen molar-refractivity contribution in [1.29, 1.82) is 0 Å². The van der Waals surface area contributed by atoms with E-state index in [-0.39, 0.29) is 11.5 Å². The molecule has 2 rings (SSSR count). The summed E-state index contributed by atoms with van der Waals surface area (Å²) in [6.07, 6.45) is 6.51. The maximum Gasteiger partial charge on any atom is 0.138 e. The van der Waals surface area contributed by atoms with Crippen LogP contribution in [0.2, 0.25) is 0 Å². The highest BCUT2D eigenvalue weighted by atomic mass is 16.3. The van der Waals surface area contributed by atoms with E-state index in [0.29, 0.717) is 11.4 Å². The van der Waals surface area contributed by atoms with Crippen molar-refractivity contribution in [2.75, 3.05) is 11.5 Å². The highest BCUT2D eigenvalue weighted by Crippen LogP contribution is 2.23. The Hall–Kier alpha value is -2.36. The second kappa shape index (κ2) is 7.59. The number of benzene rings is 2. The maximum atomic E-state index is 9.38. The zero-order valence-electron chi connectivity index (χ0n) is 12.8. The van der Waals surface area contributed by atoms with Gasteiger partial charge in [-0.1, -0.05) is 25.0 Å². The molecule has 0 saturated heterocycles. The van der Waals surface area contributed by atoms with Crippen LogP contribution in [0, 0.1) is 0 Å². The normalized spacial score (nSPS) is 10.7. The van der Waals surface area contributed by atoms with E-state index in [0.717, 1.165) is 38.5 Å². The van der Waals surface area contributed by atoms with Gasteiger partial charge in [-0.2, -0.15) is 0 Å². The third-order valence-electron chi connectivity index (χ3n) is 3.86. The Morgan fingerprint density at radius 2 is 1.05 bits per heavy atom. The van der Waals surface area contributed by atoms with Crippen molar-refractivity contribution >= 4 is 11.4 Å². The fraction of sp³-hybridized carbons (Fsp3) is 0.333. The molecule has 0 heterocycles. The van der Waals surface area contributed by atoms with E-state index >= 15 is 0 Å². The molecular formula is C18H24N2O2. The Balaban J connectivity index is 1.65. The van der Waals surface area contributed by atoms with Crippen LogP contribution in [0.25, 0.3) is 0 Å². The van der Waals surface area contributed by atoms with Crippen LogP contribution in [0.15, 0.2) is 36.4 Å². The van der Waals surface area contributed by atoms with E-state index in [4.69, 9.17) is 11.5 Å². The lowest BCUT2D eigenvalue weighted by Crippen LogP contribution is -1.92. The van der Waals surface area contributed by atoms with Gasteiger partial charge < -0.3 is 21.7 Å². The second-order valence-electron chi connectivity index (χ2n) is 5.70. The number of aryl methyl sites for hydroxylation is 2. The quantitative estimate of drug-likeness (QED) is 0.357. The summed E-state index contributed by atoms with van der Waals surface area (Å²) in [4.78, 5) is 0. The largest absolute Gasteiger partial charge is 0.506 e. The molecular weight excluding hydrogens is 276 g/mol. The number of anilines is 2. The Kier molecular flexibility index (Phi) is 5.53. The van der Waals surface area contributed by atoms with Gasteiger partial charge in [0.15, 0.2) is 0 Å². The van der Waals surface area contributed by atoms with Crippen molar-refractivity contribution < 1.29 is 10.2 Å². The van der Waals surface area contributed by atoms with Gasteiger partial charge in [0.25, 0.3) is 0 Å². The van der Waals surface area contributed by atoms with Crippen LogP contribution in [0.5, 0.6) is 11.5 Å². The van der Waals surface area contributed by atoms with Crippen molar-refractivity contribution in [3.8, 4) is 11.5 Å². The number of nitrogens with two attached hydrogens (primary N) is 2. The van der Waals surface area contributed by atoms with Gasteiger partial charge in [-0.25, -0.2) is 0 Å². The van der Waals surface area contributed by atoms with Crippen molar-refractivity contribution in [1.82, 2.24) is 0 Å². The molecule has 4 nitrogen and oxygen atoms in total. The van der Waals surface area contributed by atoms with Crippen molar-refractivity contribution in [2.45, 2.75) is 38.5 Å². The summed E-state index contributed by atoms with van der Waals surface area (Å²) in [5.41, 5.74) is 14.6. The lowest BCUT2D eigenvalue weighted by Gasteiger charge is -2.06. The topological polar surface area (TPSA) is 92.5 Å². The summed E-state index contributed by atoms with van der Waals surface area (Å²) in [6, 6.07) is 10.8. The summed E-state index contributed by atoms with van der Waals surface area (Å²) in [6.45, 7) is 0. The molecule has 0 aliphatic heterocycles. The Bertz CT molecular complexity index is 571. The van der Waals surface area contributed by atoms with Gasteiger partial charge in [0.05, 0.1) is 11.4 Å². The number of unbranched alkanes of at least 4 members (excludes halogenated alkanes) is 3. The number of nitrogen functional groups attached to an aromatic ring is 2. The molecule has 118 valence electrons. The molecule has 0 unspecified atom stereocenters. The highest BCUT2D eigenvalue weighted by molar-refractivity contribution is 5.53. The molecule has 2 aromatic carbocycles. The van der Waals surface area contributed by atoms with Crippen molar-refractivity contribution in [2.24, 2.45) is 0 Å². The molecule has 4 heteroatoms. The zero-order valence-corrected chi connectivity index (χ0v) is 12.8. The first-order chi connectivity index (χ1) is 10.6. The summed E-state index contributed by atoms with van der Waals surface area (Å²) in [5.74, 6) is 0.300. The second-order valence-corrected chi connectivity index (χ2v) is 5.70. The lowest BCUT2D eigenvalue weighted by molar-refractivity contribution is 0.477. The Morgan fingerprint density at radius 1 is 0.636 bits per heavy atom. The Morgan fingerprint density at radius 3 is 1.41 bits per heavy atom. The molecule has 0 radical (unpaired) electrons. The number of phenols is 2. The average molecular weight is 300 g/mol. The van der Waals surface area contributed by atoms with E-state index in [1.807, 2.05) is 24.3 Å². The third kappa shape index (κ3) is 4.58. The minimum Gasteiger partial charge on any atom is -0.506 e. The van der Waals surface area contributed by atoms with Crippen LogP contribution >= 0.6 is 0 Å². The number of aromatic hydroxyl groups is 2. The summed E-state index contributed by atoms with van der Waals surface area (Å²) < 4.78 is 0. The fourth-order valence-electron chi connectivity index (χ4n) is 2.53. The first-order valence-electron chi connectivity index (χ1n) is 7.71. The van der Waals surface area contributed by atoms with Gasteiger partial charge in [-0.15, -0.1) is 0 Å². The van der Waals surface area contributed by atoms with Crippen molar-refractivity contribution in [3.63, 3.8) is 0 Å². The summed E-state index contributed by atoms with van der Waals surface area (Å²) in [5, 5.41) is 18.8. The van der Waals surface area contributed by atoms with Crippen LogP contribution in [-0.2, 0) is 12.8 Å². The van der Waals surface area contributed by atoms with Crippen LogP contribution in [0.3, 0.4) is 0 Å². The van der Waals surface area contributed by atoms with Crippen LogP contribution in [0.1, 0.15) is 36.8 Å². The SMILES string of the molecule is Nc1cc(CCCCCCc2ccc(O)c(N)c2)ccc1O. The van der Waals surface area contributed by atoms with Crippen LogP contribution in [0.4, 0.5) is 11.4 Å². The average Bonchev–Trinajstić information content (AvgIpc) is 2.50. The van der Waals surface area contributed by atoms with E-state index < -0.39 is 0 Å². The van der Waals surface area contributed by atoms with E-state index in [9.17, 15) is 10.2 Å². The summed E-state index contributed by atoms with van der Waals surface area (Å²) >= 11 is 0. The van der Waals surface area contributed by atoms with Gasteiger partial charge in [-0.05, 0) is 61.1 Å². The fourth-order valence-corrected chi connectivity index (χ4v) is 2.53. The molecule has 0 spiro atoms. The number of rotatable bonds is 7. The standard InChI is InChI=1S/C18H24N2O2/c19-15-11-13(7-9-17(15)21)5-3-1-2-4-6-14-8-10-18(22)16(20)12-14/h7-12,21-22H,1-6,19-20H2. The molecule has 0 atom stereocenters. The predicted octanol–water partition coefficient (Wildman–Crippen LogP) is 3.61. The number of hydrogen-bond donors (Lipinski definition) is 4. The number of hydrogen-bond acceptors (Lipinski definition) is 4. The van der Waals surface area contributed by atoms with Gasteiger partial charge in [0.1, 0.15) is 11.5 Å². The zero-order chi connectivity index (χ0) is 15.9. The number of phenolic OH excluding ortho intramolecular Hbond substituents is 2. The molecule has 0 aliphatic carbocycles. The minimum atomic E-state index is 0.150. The first kappa shape index (κ1) is 16.0. The molecule has 0 saturated carbocycles. The monoisotopic (exact) mass is 300 g/mol. The van der Waals surface area contributed by atoms with Gasteiger partial charge in [0.2, 0.25) is 0 Å². The summed E-state index contributed by atoms with van der Waals surface area (Å²) in [7, 11) is 0. The highest BCUT2D eigenvalue weighted by Gasteiger charge is 2.01. The molecule has 0 fully saturated rings. The van der Waals surface area contributed by atoms with Gasteiger partial charge in [0, 0.05) is 0 Å². The van der Waals surface area contributed by atoms with E-state index in [2.05, 4.69) is 0 Å². The molecule has 0 aliphatic rings. The molecule has 6 N–H and O–H groups in total. The Labute approximate surface area is 131 Å². The lowest BCUT2D eigenvalue weighted by atomic mass is 10.0. The van der Waals surface area contributed by atoms with E-state index in [1.54, 1.807) is 12.1 Å². The smallest absolute Gasteiger partial charge is 0.138 e. The molecule has 0 amide bonds. The molecule has 2 aromatic rings. The molecule has 0 aromatic heterocycles. The third-order valence-corrected chi connectivity index (χ3v) is 3.86. The van der Waals surface area contributed by atoms with Crippen LogP contribution in [-0.4, -0.2) is 10.2 Å². The van der Waals surface area contributed by atoms with Crippen LogP contribution < -0.4 is 11.5 Å². The van der Waals surface area contributed by atoms with Gasteiger partial charge in [-0.3, -0.25) is 0 Å². The van der Waals surface area contributed by atoms with E-state index in [1.165, 1.54) is 11.1 Å². The molecule has 0 bridgehead atoms. The van der Waals surface area contributed by atoms with Gasteiger partial charge >= 0.3 is 0 Å².